The predicted octanol–water partition coefficient (Wildman–Crippen LogP) is 2.16. The first-order chi connectivity index (χ1) is 9.38. The molecule has 0 aromatic carbocycles. The molecule has 0 amide bonds. The van der Waals surface area contributed by atoms with E-state index < -0.39 is 0 Å². The molecule has 4 aliphatic rings. The van der Waals surface area contributed by atoms with Crippen LogP contribution in [0.5, 0.6) is 0 Å². The second-order valence-electron chi connectivity index (χ2n) is 7.21. The van der Waals surface area contributed by atoms with Gasteiger partial charge in [0.25, 0.3) is 0 Å². The van der Waals surface area contributed by atoms with Crippen molar-refractivity contribution in [3.05, 3.63) is 0 Å². The van der Waals surface area contributed by atoms with Crippen molar-refractivity contribution in [1.82, 2.24) is 10.2 Å². The van der Waals surface area contributed by atoms with Crippen molar-refractivity contribution in [2.75, 3.05) is 19.7 Å². The van der Waals surface area contributed by atoms with E-state index in [2.05, 4.69) is 10.2 Å². The van der Waals surface area contributed by atoms with E-state index in [1.165, 1.54) is 64.5 Å². The zero-order valence-electron chi connectivity index (χ0n) is 12.0. The molecule has 4 atom stereocenters. The van der Waals surface area contributed by atoms with Crippen LogP contribution in [0.4, 0.5) is 0 Å². The molecule has 3 saturated heterocycles. The lowest BCUT2D eigenvalue weighted by Gasteiger charge is -2.39. The maximum Gasteiger partial charge on any atom is 0.0730 e. The van der Waals surface area contributed by atoms with Gasteiger partial charge in [-0.15, -0.1) is 0 Å². The van der Waals surface area contributed by atoms with E-state index in [1.807, 2.05) is 0 Å². The first-order valence-electron chi connectivity index (χ1n) is 8.50. The van der Waals surface area contributed by atoms with E-state index in [-0.39, 0.29) is 0 Å². The van der Waals surface area contributed by atoms with E-state index in [1.54, 1.807) is 0 Å². The smallest absolute Gasteiger partial charge is 0.0730 e. The van der Waals surface area contributed by atoms with Crippen molar-refractivity contribution in [2.45, 2.75) is 75.6 Å². The average molecular weight is 264 g/mol. The summed E-state index contributed by atoms with van der Waals surface area (Å²) in [5, 5.41) is 3.76. The molecule has 4 unspecified atom stereocenters. The summed E-state index contributed by atoms with van der Waals surface area (Å²) in [5.74, 6) is 0.987. The molecule has 4 rings (SSSR count). The summed E-state index contributed by atoms with van der Waals surface area (Å²) in [6.07, 6.45) is 11.8. The number of nitrogens with zero attached hydrogens (tertiary/aromatic N) is 1. The van der Waals surface area contributed by atoms with Gasteiger partial charge in [0, 0.05) is 24.7 Å². The molecule has 0 radical (unpaired) electrons. The molecule has 0 aromatic rings. The average Bonchev–Trinajstić information content (AvgIpc) is 3.03. The van der Waals surface area contributed by atoms with Gasteiger partial charge in [-0.2, -0.15) is 0 Å². The lowest BCUT2D eigenvalue weighted by atomic mass is 9.89. The Morgan fingerprint density at radius 3 is 2.74 bits per heavy atom. The summed E-state index contributed by atoms with van der Waals surface area (Å²) < 4.78 is 5.92. The van der Waals surface area contributed by atoms with Crippen molar-refractivity contribution in [2.24, 2.45) is 5.92 Å². The molecule has 3 nitrogen and oxygen atoms in total. The molecule has 19 heavy (non-hydrogen) atoms. The van der Waals surface area contributed by atoms with Gasteiger partial charge in [-0.05, 0) is 63.8 Å². The zero-order valence-corrected chi connectivity index (χ0v) is 12.0. The monoisotopic (exact) mass is 264 g/mol. The molecule has 2 bridgehead atoms. The van der Waals surface area contributed by atoms with Gasteiger partial charge in [0.05, 0.1) is 12.7 Å². The summed E-state index contributed by atoms with van der Waals surface area (Å²) >= 11 is 0. The van der Waals surface area contributed by atoms with Crippen molar-refractivity contribution in [1.29, 1.82) is 0 Å². The number of ether oxygens (including phenoxy) is 1. The fraction of sp³-hybridized carbons (Fsp3) is 1.00. The predicted molar refractivity (Wildman–Crippen MR) is 76.2 cm³/mol. The van der Waals surface area contributed by atoms with Gasteiger partial charge >= 0.3 is 0 Å². The molecule has 3 aliphatic heterocycles. The Balaban J connectivity index is 1.29. The van der Waals surface area contributed by atoms with Crippen LogP contribution in [0.3, 0.4) is 0 Å². The highest BCUT2D eigenvalue weighted by atomic mass is 16.5. The van der Waals surface area contributed by atoms with Gasteiger partial charge in [0.1, 0.15) is 0 Å². The van der Waals surface area contributed by atoms with Crippen molar-refractivity contribution >= 4 is 0 Å². The van der Waals surface area contributed by atoms with Crippen LogP contribution in [0.25, 0.3) is 0 Å². The van der Waals surface area contributed by atoms with Gasteiger partial charge in [-0.25, -0.2) is 0 Å². The normalized spacial score (nSPS) is 46.4. The molecule has 0 spiro atoms. The second-order valence-corrected chi connectivity index (χ2v) is 7.21. The molecule has 3 heteroatoms. The van der Waals surface area contributed by atoms with E-state index in [9.17, 15) is 0 Å². The summed E-state index contributed by atoms with van der Waals surface area (Å²) in [6.45, 7) is 3.48. The van der Waals surface area contributed by atoms with Crippen LogP contribution in [-0.2, 0) is 4.74 Å². The van der Waals surface area contributed by atoms with Gasteiger partial charge in [-0.3, -0.25) is 4.90 Å². The third kappa shape index (κ3) is 2.57. The first kappa shape index (κ1) is 12.6. The fourth-order valence-corrected chi connectivity index (χ4v) is 5.04. The zero-order chi connectivity index (χ0) is 12.7. The Kier molecular flexibility index (Phi) is 3.55. The minimum absolute atomic E-state index is 0.568. The lowest BCUT2D eigenvalue weighted by molar-refractivity contribution is -0.0573. The highest BCUT2D eigenvalue weighted by Gasteiger charge is 2.37. The Bertz CT molecular complexity index is 310. The Morgan fingerprint density at radius 2 is 1.89 bits per heavy atom. The van der Waals surface area contributed by atoms with E-state index in [0.29, 0.717) is 6.10 Å². The maximum atomic E-state index is 5.92. The SMILES string of the molecule is C1CC2OCCN(CCC3CC4CCC(C3)N4)C2C1. The third-order valence-electron chi connectivity index (χ3n) is 5.99. The summed E-state index contributed by atoms with van der Waals surface area (Å²) in [7, 11) is 0. The summed E-state index contributed by atoms with van der Waals surface area (Å²) in [6, 6.07) is 2.47. The van der Waals surface area contributed by atoms with Gasteiger partial charge in [0.15, 0.2) is 0 Å². The molecular weight excluding hydrogens is 236 g/mol. The van der Waals surface area contributed by atoms with Crippen molar-refractivity contribution in [3.8, 4) is 0 Å². The minimum Gasteiger partial charge on any atom is -0.375 e. The van der Waals surface area contributed by atoms with Crippen LogP contribution in [0, 0.1) is 5.92 Å². The summed E-state index contributed by atoms with van der Waals surface area (Å²) in [4.78, 5) is 2.76. The molecule has 108 valence electrons. The Labute approximate surface area is 117 Å². The number of fused-ring (bicyclic) bond motifs is 3. The Hall–Kier alpha value is -0.120. The molecule has 4 fully saturated rings. The summed E-state index contributed by atoms with van der Waals surface area (Å²) in [5.41, 5.74) is 0. The quantitative estimate of drug-likeness (QED) is 0.845. The topological polar surface area (TPSA) is 24.5 Å². The van der Waals surface area contributed by atoms with Crippen LogP contribution in [0.2, 0.25) is 0 Å². The first-order valence-corrected chi connectivity index (χ1v) is 8.50. The van der Waals surface area contributed by atoms with Gasteiger partial charge < -0.3 is 10.1 Å². The van der Waals surface area contributed by atoms with Crippen LogP contribution in [-0.4, -0.2) is 48.8 Å². The molecule has 1 N–H and O–H groups in total. The maximum absolute atomic E-state index is 5.92. The highest BCUT2D eigenvalue weighted by Crippen LogP contribution is 2.34. The number of hydrogen-bond donors (Lipinski definition) is 1. The molecule has 0 aromatic heterocycles. The van der Waals surface area contributed by atoms with E-state index >= 15 is 0 Å². The Morgan fingerprint density at radius 1 is 1.05 bits per heavy atom. The molecular formula is C16H28N2O. The second kappa shape index (κ2) is 5.34. The number of nitrogens with one attached hydrogen (secondary N) is 1. The minimum atomic E-state index is 0.568. The van der Waals surface area contributed by atoms with Crippen LogP contribution in [0.15, 0.2) is 0 Å². The van der Waals surface area contributed by atoms with Crippen LogP contribution < -0.4 is 5.32 Å². The van der Waals surface area contributed by atoms with Crippen LogP contribution in [0.1, 0.15) is 51.4 Å². The number of piperidine rings is 1. The largest absolute Gasteiger partial charge is 0.375 e. The number of hydrogen-bond acceptors (Lipinski definition) is 3. The lowest BCUT2D eigenvalue weighted by Crippen LogP contribution is -2.49. The van der Waals surface area contributed by atoms with E-state index in [4.69, 9.17) is 4.74 Å². The van der Waals surface area contributed by atoms with Gasteiger partial charge in [0.2, 0.25) is 0 Å². The third-order valence-corrected chi connectivity index (χ3v) is 5.99. The fourth-order valence-electron chi connectivity index (χ4n) is 5.04. The number of rotatable bonds is 3. The molecule has 1 saturated carbocycles. The standard InChI is InChI=1S/C16H28N2O/c1-2-15-16(3-1)19-9-8-18(15)7-6-12-10-13-4-5-14(11-12)17-13/h12-17H,1-11H2. The molecule has 3 heterocycles. The molecule has 1 aliphatic carbocycles. The van der Waals surface area contributed by atoms with Crippen molar-refractivity contribution < 1.29 is 4.74 Å². The van der Waals surface area contributed by atoms with Crippen LogP contribution >= 0.6 is 0 Å². The number of morpholine rings is 1. The van der Waals surface area contributed by atoms with Crippen molar-refractivity contribution in [3.63, 3.8) is 0 Å². The van der Waals surface area contributed by atoms with E-state index in [0.717, 1.165) is 30.7 Å². The highest BCUT2D eigenvalue weighted by molar-refractivity contribution is 4.93. The van der Waals surface area contributed by atoms with Gasteiger partial charge in [-0.1, -0.05) is 0 Å².